The van der Waals surface area contributed by atoms with Gasteiger partial charge in [-0.15, -0.1) is 0 Å². The van der Waals surface area contributed by atoms with E-state index >= 15 is 0 Å². The third-order valence-electron chi connectivity index (χ3n) is 3.54. The Hall–Kier alpha value is -2.88. The van der Waals surface area contributed by atoms with Crippen molar-refractivity contribution in [2.75, 3.05) is 0 Å². The Balaban J connectivity index is 2.34. The number of nitrogens with zero attached hydrogens (tertiary/aromatic N) is 3. The number of H-pyrrole nitrogens is 1. The van der Waals surface area contributed by atoms with E-state index in [1.165, 1.54) is 0 Å². The molecule has 0 amide bonds. The van der Waals surface area contributed by atoms with Crippen LogP contribution >= 0.6 is 23.2 Å². The maximum absolute atomic E-state index is 12.1. The van der Waals surface area contributed by atoms with Crippen molar-refractivity contribution < 1.29 is 0 Å². The molecule has 124 valence electrons. The van der Waals surface area contributed by atoms with Crippen molar-refractivity contribution in [2.45, 2.75) is 6.42 Å². The molecule has 1 heterocycles. The van der Waals surface area contributed by atoms with Gasteiger partial charge in [-0.2, -0.15) is 15.0 Å². The molecule has 1 aromatic heterocycles. The summed E-state index contributed by atoms with van der Waals surface area (Å²) in [7, 11) is 0. The fourth-order valence-electron chi connectivity index (χ4n) is 2.42. The highest BCUT2D eigenvalue weighted by Gasteiger charge is 2.17. The van der Waals surface area contributed by atoms with Crippen molar-refractivity contribution in [1.29, 1.82) is 5.26 Å². The lowest BCUT2D eigenvalue weighted by molar-refractivity contribution is 0.750. The maximum atomic E-state index is 12.1. The number of hydrogen-bond donors (Lipinski definition) is 1. The minimum atomic E-state index is -0.688. The molecule has 0 unspecified atom stereocenters. The predicted molar refractivity (Wildman–Crippen MR) is 95.2 cm³/mol. The number of rotatable bonds is 3. The molecule has 0 fully saturated rings. The van der Waals surface area contributed by atoms with E-state index in [1.807, 2.05) is 0 Å². The summed E-state index contributed by atoms with van der Waals surface area (Å²) in [6.07, 6.45) is 1.12. The van der Waals surface area contributed by atoms with Gasteiger partial charge in [0.2, 0.25) is 0 Å². The van der Waals surface area contributed by atoms with E-state index in [2.05, 4.69) is 16.2 Å². The molecule has 0 atom stereocenters. The molecular weight excluding hydrogens is 363 g/mol. The van der Waals surface area contributed by atoms with E-state index < -0.39 is 11.2 Å². The Bertz CT molecular complexity index is 1100. The van der Waals surface area contributed by atoms with Gasteiger partial charge in [0, 0.05) is 10.6 Å². The van der Waals surface area contributed by atoms with E-state index in [4.69, 9.17) is 28.5 Å². The van der Waals surface area contributed by atoms with Crippen LogP contribution in [0.3, 0.4) is 0 Å². The second-order valence-corrected chi connectivity index (χ2v) is 5.94. The highest BCUT2D eigenvalue weighted by molar-refractivity contribution is 6.34. The van der Waals surface area contributed by atoms with Crippen LogP contribution in [0.2, 0.25) is 10.0 Å². The molecule has 0 saturated heterocycles. The summed E-state index contributed by atoms with van der Waals surface area (Å²) >= 11 is 12.4. The SMILES string of the molecule is N#CCc1ccc(-n2ncc(=O)[nH]c2=O)c(-c2ccc(Cl)cc2)c1Cl. The molecule has 0 aliphatic carbocycles. The Morgan fingerprint density at radius 3 is 2.48 bits per heavy atom. The summed E-state index contributed by atoms with van der Waals surface area (Å²) in [5.74, 6) is 0. The van der Waals surface area contributed by atoms with Gasteiger partial charge in [-0.25, -0.2) is 4.79 Å². The molecule has 6 nitrogen and oxygen atoms in total. The van der Waals surface area contributed by atoms with Gasteiger partial charge in [0.05, 0.1) is 23.2 Å². The molecule has 3 aromatic rings. The average Bonchev–Trinajstić information content (AvgIpc) is 2.58. The van der Waals surface area contributed by atoms with Crippen molar-refractivity contribution in [3.05, 3.63) is 79.0 Å². The second kappa shape index (κ2) is 6.93. The number of halogens is 2. The third kappa shape index (κ3) is 3.33. The van der Waals surface area contributed by atoms with Crippen molar-refractivity contribution in [3.8, 4) is 22.9 Å². The van der Waals surface area contributed by atoms with Crippen LogP contribution in [0.1, 0.15) is 5.56 Å². The highest BCUT2D eigenvalue weighted by Crippen LogP contribution is 2.36. The summed E-state index contributed by atoms with van der Waals surface area (Å²) in [6.45, 7) is 0. The molecule has 0 aliphatic rings. The van der Waals surface area contributed by atoms with Gasteiger partial charge in [-0.3, -0.25) is 9.78 Å². The van der Waals surface area contributed by atoms with Gasteiger partial charge in [-0.1, -0.05) is 41.4 Å². The lowest BCUT2D eigenvalue weighted by Gasteiger charge is -2.15. The summed E-state index contributed by atoms with van der Waals surface area (Å²) in [5, 5.41) is 13.7. The molecule has 1 N–H and O–H groups in total. The highest BCUT2D eigenvalue weighted by atomic mass is 35.5. The molecular formula is C17H10Cl2N4O2. The molecule has 0 saturated carbocycles. The molecule has 0 bridgehead atoms. The topological polar surface area (TPSA) is 91.5 Å². The van der Waals surface area contributed by atoms with Gasteiger partial charge < -0.3 is 0 Å². The van der Waals surface area contributed by atoms with E-state index in [-0.39, 0.29) is 6.42 Å². The fraction of sp³-hybridized carbons (Fsp3) is 0.0588. The minimum absolute atomic E-state index is 0.119. The number of aromatic nitrogens is 3. The number of nitrogens with one attached hydrogen (secondary N) is 1. The molecule has 0 radical (unpaired) electrons. The first-order valence-electron chi connectivity index (χ1n) is 7.14. The van der Waals surface area contributed by atoms with Crippen LogP contribution in [-0.2, 0) is 6.42 Å². The summed E-state index contributed by atoms with van der Waals surface area (Å²) < 4.78 is 1.05. The quantitative estimate of drug-likeness (QED) is 0.764. The van der Waals surface area contributed by atoms with Gasteiger partial charge >= 0.3 is 5.69 Å². The Morgan fingerprint density at radius 1 is 1.12 bits per heavy atom. The van der Waals surface area contributed by atoms with E-state index in [0.717, 1.165) is 10.9 Å². The van der Waals surface area contributed by atoms with Crippen molar-refractivity contribution in [2.24, 2.45) is 0 Å². The fourth-order valence-corrected chi connectivity index (χ4v) is 2.88. The summed E-state index contributed by atoms with van der Waals surface area (Å²) in [6, 6.07) is 12.2. The average molecular weight is 373 g/mol. The van der Waals surface area contributed by atoms with E-state index in [0.29, 0.717) is 32.4 Å². The second-order valence-electron chi connectivity index (χ2n) is 5.13. The van der Waals surface area contributed by atoms with Gasteiger partial charge in [0.15, 0.2) is 0 Å². The van der Waals surface area contributed by atoms with Crippen LogP contribution in [-0.4, -0.2) is 14.8 Å². The van der Waals surface area contributed by atoms with Gasteiger partial charge in [-0.05, 0) is 29.3 Å². The lowest BCUT2D eigenvalue weighted by Crippen LogP contribution is -2.30. The third-order valence-corrected chi connectivity index (χ3v) is 4.23. The van der Waals surface area contributed by atoms with Crippen molar-refractivity contribution in [3.63, 3.8) is 0 Å². The first kappa shape index (κ1) is 17.0. The van der Waals surface area contributed by atoms with Crippen molar-refractivity contribution in [1.82, 2.24) is 14.8 Å². The lowest BCUT2D eigenvalue weighted by atomic mass is 9.99. The molecule has 25 heavy (non-hydrogen) atoms. The first-order chi connectivity index (χ1) is 12.0. The van der Waals surface area contributed by atoms with E-state index in [1.54, 1.807) is 36.4 Å². The molecule has 8 heteroatoms. The molecule has 0 aliphatic heterocycles. The van der Waals surface area contributed by atoms with Crippen LogP contribution in [0.5, 0.6) is 0 Å². The number of aromatic amines is 1. The molecule has 2 aromatic carbocycles. The van der Waals surface area contributed by atoms with Crippen LogP contribution in [0.4, 0.5) is 0 Å². The Labute approximate surface area is 151 Å². The zero-order chi connectivity index (χ0) is 18.0. The zero-order valence-corrected chi connectivity index (χ0v) is 14.2. The van der Waals surface area contributed by atoms with E-state index in [9.17, 15) is 9.59 Å². The molecule has 3 rings (SSSR count). The maximum Gasteiger partial charge on any atom is 0.349 e. The van der Waals surface area contributed by atoms with Crippen molar-refractivity contribution >= 4 is 23.2 Å². The summed E-state index contributed by atoms with van der Waals surface area (Å²) in [4.78, 5) is 25.5. The zero-order valence-electron chi connectivity index (χ0n) is 12.7. The summed E-state index contributed by atoms with van der Waals surface area (Å²) in [5.41, 5.74) is 0.940. The smallest absolute Gasteiger partial charge is 0.271 e. The normalized spacial score (nSPS) is 10.4. The van der Waals surface area contributed by atoms with Crippen LogP contribution in [0.15, 0.2) is 52.2 Å². The minimum Gasteiger partial charge on any atom is -0.271 e. The number of benzene rings is 2. The van der Waals surface area contributed by atoms with Crippen LogP contribution in [0.25, 0.3) is 16.8 Å². The molecule has 0 spiro atoms. The number of hydrogen-bond acceptors (Lipinski definition) is 4. The monoisotopic (exact) mass is 372 g/mol. The Morgan fingerprint density at radius 2 is 1.84 bits per heavy atom. The van der Waals surface area contributed by atoms with Gasteiger partial charge in [0.1, 0.15) is 6.20 Å². The number of nitriles is 1. The van der Waals surface area contributed by atoms with Crippen LogP contribution in [0, 0.1) is 11.3 Å². The van der Waals surface area contributed by atoms with Crippen LogP contribution < -0.4 is 11.2 Å². The predicted octanol–water partition coefficient (Wildman–Crippen LogP) is 2.96. The largest absolute Gasteiger partial charge is 0.349 e. The standard InChI is InChI=1S/C17H10Cl2N4O2/c18-12-4-1-10(2-5-12)15-13(6-3-11(7-8-20)16(15)19)23-17(25)22-14(24)9-21-23/h1-6,9H,7H2,(H,22,24,25). The van der Waals surface area contributed by atoms with Gasteiger partial charge in [0.25, 0.3) is 5.56 Å². The first-order valence-corrected chi connectivity index (χ1v) is 7.90. The Kier molecular flexibility index (Phi) is 4.70.